The lowest BCUT2D eigenvalue weighted by atomic mass is 10.3. The molecule has 0 spiro atoms. The Labute approximate surface area is 164 Å². The van der Waals surface area contributed by atoms with Crippen LogP contribution in [-0.4, -0.2) is 55.1 Å². The molecule has 0 fully saturated rings. The normalized spacial score (nSPS) is 11.2. The molecule has 0 aliphatic heterocycles. The summed E-state index contributed by atoms with van der Waals surface area (Å²) in [5.41, 5.74) is 1.11. The Bertz CT molecular complexity index is 421. The largest absolute Gasteiger partial charge is 0.357 e. The number of unbranched alkanes of at least 4 members (excludes halogenated alkanes) is 1. The minimum absolute atomic E-state index is 0. The standard InChI is InChI=1S/C18H33N5.HI/c1-4-19-18(21-14-9-10-16-23(5-2)6-3)22-15-12-17-11-7-8-13-20-17;/h7-8,11,13H,4-6,9-10,12,14-16H2,1-3H3,(H2,19,21,22);1H. The molecular formula is C18H34IN5. The van der Waals surface area contributed by atoms with Gasteiger partial charge in [0.05, 0.1) is 0 Å². The van der Waals surface area contributed by atoms with Crippen LogP contribution in [0.3, 0.4) is 0 Å². The summed E-state index contributed by atoms with van der Waals surface area (Å²) in [5.74, 6) is 0.909. The van der Waals surface area contributed by atoms with Crippen LogP contribution < -0.4 is 10.6 Å². The fourth-order valence-corrected chi connectivity index (χ4v) is 2.37. The maximum Gasteiger partial charge on any atom is 0.191 e. The molecule has 2 N–H and O–H groups in total. The highest BCUT2D eigenvalue weighted by atomic mass is 127. The predicted molar refractivity (Wildman–Crippen MR) is 114 cm³/mol. The summed E-state index contributed by atoms with van der Waals surface area (Å²) in [4.78, 5) is 11.4. The van der Waals surface area contributed by atoms with Gasteiger partial charge in [0.2, 0.25) is 0 Å². The van der Waals surface area contributed by atoms with Gasteiger partial charge in [-0.2, -0.15) is 0 Å². The van der Waals surface area contributed by atoms with Gasteiger partial charge in [0.25, 0.3) is 0 Å². The van der Waals surface area contributed by atoms with Gasteiger partial charge in [0.15, 0.2) is 5.96 Å². The minimum atomic E-state index is 0. The molecule has 0 saturated carbocycles. The zero-order valence-electron chi connectivity index (χ0n) is 15.4. The predicted octanol–water partition coefficient (Wildman–Crippen LogP) is 2.92. The van der Waals surface area contributed by atoms with E-state index < -0.39 is 0 Å². The molecule has 6 heteroatoms. The van der Waals surface area contributed by atoms with Crippen molar-refractivity contribution in [2.45, 2.75) is 40.0 Å². The number of rotatable bonds is 11. The fraction of sp³-hybridized carbons (Fsp3) is 0.667. The summed E-state index contributed by atoms with van der Waals surface area (Å²) in [6.45, 7) is 12.6. The van der Waals surface area contributed by atoms with E-state index in [1.807, 2.05) is 18.3 Å². The molecule has 0 amide bonds. The van der Waals surface area contributed by atoms with E-state index in [9.17, 15) is 0 Å². The van der Waals surface area contributed by atoms with Gasteiger partial charge in [-0.05, 0) is 51.5 Å². The third-order valence-corrected chi connectivity index (χ3v) is 3.79. The summed E-state index contributed by atoms with van der Waals surface area (Å²) < 4.78 is 0. The lowest BCUT2D eigenvalue weighted by Crippen LogP contribution is -2.38. The molecule has 0 unspecified atom stereocenters. The SMILES string of the molecule is CCNC(=NCCCCN(CC)CC)NCCc1ccccn1.I. The van der Waals surface area contributed by atoms with Crippen molar-refractivity contribution in [3.8, 4) is 0 Å². The van der Waals surface area contributed by atoms with E-state index in [1.165, 1.54) is 13.0 Å². The number of hydrogen-bond donors (Lipinski definition) is 2. The van der Waals surface area contributed by atoms with Crippen LogP contribution in [0.1, 0.15) is 39.3 Å². The molecular weight excluding hydrogens is 413 g/mol. The van der Waals surface area contributed by atoms with Gasteiger partial charge in [-0.25, -0.2) is 0 Å². The van der Waals surface area contributed by atoms with E-state index >= 15 is 0 Å². The van der Waals surface area contributed by atoms with Crippen molar-refractivity contribution in [3.63, 3.8) is 0 Å². The van der Waals surface area contributed by atoms with Crippen LogP contribution in [0.25, 0.3) is 0 Å². The summed E-state index contributed by atoms with van der Waals surface area (Å²) in [6, 6.07) is 6.02. The average molecular weight is 447 g/mol. The summed E-state index contributed by atoms with van der Waals surface area (Å²) in [6.07, 6.45) is 5.09. The van der Waals surface area contributed by atoms with Gasteiger partial charge in [-0.3, -0.25) is 9.98 Å². The molecule has 0 atom stereocenters. The number of hydrogen-bond acceptors (Lipinski definition) is 3. The van der Waals surface area contributed by atoms with Crippen molar-refractivity contribution < 1.29 is 0 Å². The Kier molecular flexibility index (Phi) is 15.0. The Morgan fingerprint density at radius 1 is 1.12 bits per heavy atom. The van der Waals surface area contributed by atoms with Gasteiger partial charge in [-0.1, -0.05) is 19.9 Å². The van der Waals surface area contributed by atoms with Crippen molar-refractivity contribution in [2.75, 3.05) is 39.3 Å². The third-order valence-electron chi connectivity index (χ3n) is 3.79. The second-order valence-electron chi connectivity index (χ2n) is 5.49. The molecule has 0 aromatic carbocycles. The topological polar surface area (TPSA) is 52.6 Å². The lowest BCUT2D eigenvalue weighted by Gasteiger charge is -2.17. The summed E-state index contributed by atoms with van der Waals surface area (Å²) in [5, 5.41) is 6.68. The minimum Gasteiger partial charge on any atom is -0.357 e. The highest BCUT2D eigenvalue weighted by molar-refractivity contribution is 14.0. The lowest BCUT2D eigenvalue weighted by molar-refractivity contribution is 0.297. The first-order valence-corrected chi connectivity index (χ1v) is 8.94. The smallest absolute Gasteiger partial charge is 0.191 e. The molecule has 0 aliphatic rings. The number of aromatic nitrogens is 1. The van der Waals surface area contributed by atoms with Crippen LogP contribution in [0.2, 0.25) is 0 Å². The van der Waals surface area contributed by atoms with Gasteiger partial charge in [0, 0.05) is 37.9 Å². The van der Waals surface area contributed by atoms with E-state index in [1.54, 1.807) is 0 Å². The maximum absolute atomic E-state index is 4.65. The number of guanidine groups is 1. The molecule has 5 nitrogen and oxygen atoms in total. The molecule has 1 heterocycles. The van der Waals surface area contributed by atoms with Crippen LogP contribution in [0.4, 0.5) is 0 Å². The highest BCUT2D eigenvalue weighted by Gasteiger charge is 2.00. The van der Waals surface area contributed by atoms with Crippen LogP contribution in [0.15, 0.2) is 29.4 Å². The van der Waals surface area contributed by atoms with Crippen molar-refractivity contribution in [3.05, 3.63) is 30.1 Å². The Morgan fingerprint density at radius 2 is 1.92 bits per heavy atom. The highest BCUT2D eigenvalue weighted by Crippen LogP contribution is 1.96. The quantitative estimate of drug-likeness (QED) is 0.237. The summed E-state index contributed by atoms with van der Waals surface area (Å²) >= 11 is 0. The fourth-order valence-electron chi connectivity index (χ4n) is 2.37. The number of nitrogens with one attached hydrogen (secondary N) is 2. The zero-order valence-corrected chi connectivity index (χ0v) is 17.8. The van der Waals surface area contributed by atoms with E-state index in [-0.39, 0.29) is 24.0 Å². The van der Waals surface area contributed by atoms with Crippen molar-refractivity contribution in [2.24, 2.45) is 4.99 Å². The first kappa shape index (κ1) is 23.1. The van der Waals surface area contributed by atoms with Crippen LogP contribution in [0.5, 0.6) is 0 Å². The van der Waals surface area contributed by atoms with Gasteiger partial charge < -0.3 is 15.5 Å². The van der Waals surface area contributed by atoms with E-state index in [4.69, 9.17) is 0 Å². The van der Waals surface area contributed by atoms with Gasteiger partial charge in [0.1, 0.15) is 0 Å². The molecule has 0 radical (unpaired) electrons. The zero-order chi connectivity index (χ0) is 16.8. The van der Waals surface area contributed by atoms with Crippen LogP contribution in [0, 0.1) is 0 Å². The molecule has 1 aromatic heterocycles. The van der Waals surface area contributed by atoms with Crippen molar-refractivity contribution in [1.82, 2.24) is 20.5 Å². The first-order valence-electron chi connectivity index (χ1n) is 8.94. The number of pyridine rings is 1. The van der Waals surface area contributed by atoms with Crippen molar-refractivity contribution in [1.29, 1.82) is 0 Å². The summed E-state index contributed by atoms with van der Waals surface area (Å²) in [7, 11) is 0. The molecule has 1 aromatic rings. The van der Waals surface area contributed by atoms with E-state index in [0.717, 1.165) is 57.2 Å². The molecule has 24 heavy (non-hydrogen) atoms. The molecule has 0 aliphatic carbocycles. The first-order chi connectivity index (χ1) is 11.3. The number of nitrogens with zero attached hydrogens (tertiary/aromatic N) is 3. The van der Waals surface area contributed by atoms with E-state index in [0.29, 0.717) is 0 Å². The molecule has 1 rings (SSSR count). The second-order valence-corrected chi connectivity index (χ2v) is 5.49. The average Bonchev–Trinajstić information content (AvgIpc) is 2.59. The Morgan fingerprint density at radius 3 is 2.54 bits per heavy atom. The maximum atomic E-state index is 4.65. The monoisotopic (exact) mass is 447 g/mol. The second kappa shape index (κ2) is 15.6. The van der Waals surface area contributed by atoms with Crippen LogP contribution in [-0.2, 0) is 6.42 Å². The number of halogens is 1. The van der Waals surface area contributed by atoms with E-state index in [2.05, 4.69) is 52.3 Å². The molecule has 138 valence electrons. The third kappa shape index (κ3) is 10.8. The van der Waals surface area contributed by atoms with Crippen LogP contribution >= 0.6 is 24.0 Å². The molecule has 0 saturated heterocycles. The Balaban J connectivity index is 0.00000529. The Hall–Kier alpha value is -0.890. The van der Waals surface area contributed by atoms with Gasteiger partial charge >= 0.3 is 0 Å². The van der Waals surface area contributed by atoms with Crippen molar-refractivity contribution >= 4 is 29.9 Å². The van der Waals surface area contributed by atoms with Gasteiger partial charge in [-0.15, -0.1) is 24.0 Å². The molecule has 0 bridgehead atoms. The number of aliphatic imine (C=N–C) groups is 1.